The second kappa shape index (κ2) is 6.77. The van der Waals surface area contributed by atoms with Gasteiger partial charge in [0.05, 0.1) is 0 Å². The standard InChI is InChI=1S/C17H26N4O/c1-12(18-10-15-11-19-20-13(15)2)14-5-7-16(8-6-14)21-9-3-4-17(21)22/h5-8,12-13,15,18-20H,3-4,9-11H2,1-2H3. The average Bonchev–Trinajstić information content (AvgIpc) is 3.13. The smallest absolute Gasteiger partial charge is 0.227 e. The lowest BCUT2D eigenvalue weighted by atomic mass is 10.0. The van der Waals surface area contributed by atoms with Crippen molar-refractivity contribution in [1.29, 1.82) is 0 Å². The van der Waals surface area contributed by atoms with E-state index in [2.05, 4.69) is 54.3 Å². The molecule has 3 atom stereocenters. The van der Waals surface area contributed by atoms with E-state index in [-0.39, 0.29) is 5.91 Å². The molecule has 0 radical (unpaired) electrons. The third-order valence-electron chi connectivity index (χ3n) is 4.87. The number of anilines is 1. The van der Waals surface area contributed by atoms with E-state index in [1.165, 1.54) is 5.56 Å². The number of benzene rings is 1. The molecular formula is C17H26N4O. The fourth-order valence-electron chi connectivity index (χ4n) is 3.20. The molecule has 0 saturated carbocycles. The van der Waals surface area contributed by atoms with Gasteiger partial charge in [0.25, 0.3) is 0 Å². The number of hydrazine groups is 1. The highest BCUT2D eigenvalue weighted by Crippen LogP contribution is 2.23. The molecule has 2 heterocycles. The topological polar surface area (TPSA) is 56.4 Å². The number of carbonyl (C=O) groups excluding carboxylic acids is 1. The van der Waals surface area contributed by atoms with E-state index < -0.39 is 0 Å². The Morgan fingerprint density at radius 2 is 2.14 bits per heavy atom. The van der Waals surface area contributed by atoms with Crippen LogP contribution in [0.2, 0.25) is 0 Å². The maximum absolute atomic E-state index is 11.8. The van der Waals surface area contributed by atoms with E-state index >= 15 is 0 Å². The van der Waals surface area contributed by atoms with Gasteiger partial charge in [0.2, 0.25) is 5.91 Å². The molecule has 1 aromatic carbocycles. The van der Waals surface area contributed by atoms with E-state index in [4.69, 9.17) is 0 Å². The van der Waals surface area contributed by atoms with Crippen LogP contribution in [-0.2, 0) is 4.79 Å². The van der Waals surface area contributed by atoms with Gasteiger partial charge in [0.1, 0.15) is 0 Å². The first-order valence-electron chi connectivity index (χ1n) is 8.27. The Morgan fingerprint density at radius 3 is 2.73 bits per heavy atom. The Kier molecular flexibility index (Phi) is 4.76. The first kappa shape index (κ1) is 15.5. The van der Waals surface area contributed by atoms with Crippen LogP contribution >= 0.6 is 0 Å². The third kappa shape index (κ3) is 3.32. The quantitative estimate of drug-likeness (QED) is 0.773. The molecule has 22 heavy (non-hydrogen) atoms. The highest BCUT2D eigenvalue weighted by atomic mass is 16.2. The van der Waals surface area contributed by atoms with Crippen LogP contribution in [0.4, 0.5) is 5.69 Å². The average molecular weight is 302 g/mol. The van der Waals surface area contributed by atoms with Crippen molar-refractivity contribution >= 4 is 11.6 Å². The Hall–Kier alpha value is -1.43. The summed E-state index contributed by atoms with van der Waals surface area (Å²) < 4.78 is 0. The summed E-state index contributed by atoms with van der Waals surface area (Å²) in [6, 6.07) is 9.22. The first-order chi connectivity index (χ1) is 10.6. The van der Waals surface area contributed by atoms with Crippen LogP contribution in [0.5, 0.6) is 0 Å². The molecule has 2 fully saturated rings. The maximum atomic E-state index is 11.8. The molecule has 1 aromatic rings. The molecule has 3 rings (SSSR count). The van der Waals surface area contributed by atoms with Gasteiger partial charge < -0.3 is 10.2 Å². The summed E-state index contributed by atoms with van der Waals surface area (Å²) in [4.78, 5) is 13.7. The van der Waals surface area contributed by atoms with Gasteiger partial charge in [-0.2, -0.15) is 0 Å². The van der Waals surface area contributed by atoms with E-state index in [0.29, 0.717) is 24.4 Å². The SMILES string of the molecule is CC(NCC1CNNC1C)c1ccc(N2CCCC2=O)cc1. The summed E-state index contributed by atoms with van der Waals surface area (Å²) in [6.45, 7) is 7.26. The Bertz CT molecular complexity index is 516. The summed E-state index contributed by atoms with van der Waals surface area (Å²) >= 11 is 0. The van der Waals surface area contributed by atoms with Gasteiger partial charge in [0.15, 0.2) is 0 Å². The number of carbonyl (C=O) groups is 1. The van der Waals surface area contributed by atoms with Gasteiger partial charge in [-0.25, -0.2) is 0 Å². The molecule has 0 aromatic heterocycles. The molecule has 0 bridgehead atoms. The molecule has 1 amide bonds. The summed E-state index contributed by atoms with van der Waals surface area (Å²) in [5.74, 6) is 0.859. The lowest BCUT2D eigenvalue weighted by Gasteiger charge is -2.21. The van der Waals surface area contributed by atoms with Crippen molar-refractivity contribution in [3.8, 4) is 0 Å². The van der Waals surface area contributed by atoms with Crippen LogP contribution in [-0.4, -0.2) is 31.6 Å². The van der Waals surface area contributed by atoms with E-state index in [1.807, 2.05) is 4.90 Å². The number of nitrogens with zero attached hydrogens (tertiary/aromatic N) is 1. The van der Waals surface area contributed by atoms with Gasteiger partial charge in [-0.15, -0.1) is 0 Å². The van der Waals surface area contributed by atoms with Crippen molar-refractivity contribution in [1.82, 2.24) is 16.2 Å². The number of hydrogen-bond acceptors (Lipinski definition) is 4. The lowest BCUT2D eigenvalue weighted by molar-refractivity contribution is -0.117. The zero-order chi connectivity index (χ0) is 15.5. The van der Waals surface area contributed by atoms with Crippen molar-refractivity contribution in [3.63, 3.8) is 0 Å². The van der Waals surface area contributed by atoms with E-state index in [1.54, 1.807) is 0 Å². The van der Waals surface area contributed by atoms with Crippen LogP contribution in [0.3, 0.4) is 0 Å². The maximum Gasteiger partial charge on any atom is 0.227 e. The molecule has 3 unspecified atom stereocenters. The lowest BCUT2D eigenvalue weighted by Crippen LogP contribution is -2.33. The molecule has 3 N–H and O–H groups in total. The molecule has 5 nitrogen and oxygen atoms in total. The molecule has 2 aliphatic rings. The van der Waals surface area contributed by atoms with Crippen molar-refractivity contribution in [3.05, 3.63) is 29.8 Å². The predicted molar refractivity (Wildman–Crippen MR) is 88.5 cm³/mol. The summed E-state index contributed by atoms with van der Waals surface area (Å²) in [5, 5.41) is 3.61. The van der Waals surface area contributed by atoms with Crippen molar-refractivity contribution < 1.29 is 4.79 Å². The molecule has 0 aliphatic carbocycles. The number of amides is 1. The molecule has 0 spiro atoms. The Morgan fingerprint density at radius 1 is 1.36 bits per heavy atom. The summed E-state index contributed by atoms with van der Waals surface area (Å²) in [7, 11) is 0. The predicted octanol–water partition coefficient (Wildman–Crippen LogP) is 1.58. The number of hydrogen-bond donors (Lipinski definition) is 3. The zero-order valence-electron chi connectivity index (χ0n) is 13.4. The minimum Gasteiger partial charge on any atom is -0.312 e. The normalized spacial score (nSPS) is 26.6. The first-order valence-corrected chi connectivity index (χ1v) is 8.27. The van der Waals surface area contributed by atoms with Gasteiger partial charge in [-0.1, -0.05) is 12.1 Å². The fraction of sp³-hybridized carbons (Fsp3) is 0.588. The van der Waals surface area contributed by atoms with Crippen molar-refractivity contribution in [2.75, 3.05) is 24.5 Å². The van der Waals surface area contributed by atoms with E-state index in [0.717, 1.165) is 31.7 Å². The second-order valence-electron chi connectivity index (χ2n) is 6.44. The number of rotatable bonds is 5. The number of nitrogens with one attached hydrogen (secondary N) is 3. The van der Waals surface area contributed by atoms with Gasteiger partial charge in [0, 0.05) is 49.7 Å². The molecular weight excluding hydrogens is 276 g/mol. The van der Waals surface area contributed by atoms with Gasteiger partial charge in [-0.3, -0.25) is 15.6 Å². The minimum absolute atomic E-state index is 0.245. The van der Waals surface area contributed by atoms with Crippen LogP contribution in [0, 0.1) is 5.92 Å². The van der Waals surface area contributed by atoms with Crippen LogP contribution in [0.15, 0.2) is 24.3 Å². The minimum atomic E-state index is 0.245. The third-order valence-corrected chi connectivity index (χ3v) is 4.87. The van der Waals surface area contributed by atoms with Gasteiger partial charge >= 0.3 is 0 Å². The molecule has 5 heteroatoms. The highest BCUT2D eigenvalue weighted by molar-refractivity contribution is 5.95. The summed E-state index contributed by atoms with van der Waals surface area (Å²) in [5.41, 5.74) is 8.74. The Balaban J connectivity index is 1.56. The Labute approximate surface area is 132 Å². The largest absolute Gasteiger partial charge is 0.312 e. The highest BCUT2D eigenvalue weighted by Gasteiger charge is 2.23. The zero-order valence-corrected chi connectivity index (χ0v) is 13.4. The van der Waals surface area contributed by atoms with E-state index in [9.17, 15) is 4.79 Å². The molecule has 120 valence electrons. The summed E-state index contributed by atoms with van der Waals surface area (Å²) in [6.07, 6.45) is 1.65. The van der Waals surface area contributed by atoms with Crippen LogP contribution in [0.25, 0.3) is 0 Å². The molecule has 2 aliphatic heterocycles. The monoisotopic (exact) mass is 302 g/mol. The van der Waals surface area contributed by atoms with Crippen molar-refractivity contribution in [2.45, 2.75) is 38.8 Å². The van der Waals surface area contributed by atoms with Crippen LogP contribution < -0.4 is 21.1 Å². The second-order valence-corrected chi connectivity index (χ2v) is 6.44. The van der Waals surface area contributed by atoms with Gasteiger partial charge in [-0.05, 0) is 38.0 Å². The van der Waals surface area contributed by atoms with Crippen molar-refractivity contribution in [2.24, 2.45) is 5.92 Å². The molecule has 2 saturated heterocycles. The van der Waals surface area contributed by atoms with Crippen LogP contribution in [0.1, 0.15) is 38.3 Å². The fourth-order valence-corrected chi connectivity index (χ4v) is 3.20.